The van der Waals surface area contributed by atoms with E-state index >= 15 is 0 Å². The molecule has 5 heteroatoms. The first-order valence-electron chi connectivity index (χ1n) is 5.93. The van der Waals surface area contributed by atoms with Crippen molar-refractivity contribution < 1.29 is 0 Å². The van der Waals surface area contributed by atoms with Crippen LogP contribution in [0, 0.1) is 6.92 Å². The van der Waals surface area contributed by atoms with Gasteiger partial charge in [0.15, 0.2) is 0 Å². The van der Waals surface area contributed by atoms with Crippen LogP contribution in [-0.2, 0) is 13.0 Å². The Labute approximate surface area is 101 Å². The van der Waals surface area contributed by atoms with Crippen molar-refractivity contribution >= 4 is 0 Å². The van der Waals surface area contributed by atoms with Crippen LogP contribution in [0.4, 0.5) is 0 Å². The third-order valence-electron chi connectivity index (χ3n) is 2.99. The second-order valence-corrected chi connectivity index (χ2v) is 4.42. The highest BCUT2D eigenvalue weighted by molar-refractivity contribution is 5.14. The van der Waals surface area contributed by atoms with Crippen molar-refractivity contribution in [3.8, 4) is 0 Å². The molecule has 0 saturated carbocycles. The maximum Gasteiger partial charge on any atom is 0.0948 e. The summed E-state index contributed by atoms with van der Waals surface area (Å²) in [7, 11) is 0. The van der Waals surface area contributed by atoms with Gasteiger partial charge in [0.2, 0.25) is 0 Å². The van der Waals surface area contributed by atoms with E-state index in [4.69, 9.17) is 5.73 Å². The van der Waals surface area contributed by atoms with Gasteiger partial charge in [0, 0.05) is 24.5 Å². The Balaban J connectivity index is 1.90. The summed E-state index contributed by atoms with van der Waals surface area (Å²) in [6.45, 7) is 4.97. The van der Waals surface area contributed by atoms with E-state index in [-0.39, 0.29) is 6.04 Å². The van der Waals surface area contributed by atoms with Crippen LogP contribution in [-0.4, -0.2) is 19.7 Å². The minimum atomic E-state index is 0.0353. The molecule has 5 nitrogen and oxygen atoms in total. The van der Waals surface area contributed by atoms with Crippen molar-refractivity contribution in [3.63, 3.8) is 0 Å². The quantitative estimate of drug-likeness (QED) is 0.823. The molecule has 92 valence electrons. The predicted molar refractivity (Wildman–Crippen MR) is 66.5 cm³/mol. The fraction of sp³-hybridized carbons (Fsp3) is 0.500. The molecule has 0 fully saturated rings. The van der Waals surface area contributed by atoms with Crippen LogP contribution in [0.2, 0.25) is 0 Å². The first-order chi connectivity index (χ1) is 8.18. The van der Waals surface area contributed by atoms with Crippen molar-refractivity contribution in [2.75, 3.05) is 0 Å². The maximum atomic E-state index is 5.87. The molecule has 0 saturated heterocycles. The molecule has 0 spiro atoms. The molecule has 2 rings (SSSR count). The summed E-state index contributed by atoms with van der Waals surface area (Å²) < 4.78 is 2.13. The molecule has 0 aliphatic heterocycles. The summed E-state index contributed by atoms with van der Waals surface area (Å²) in [5.41, 5.74) is 9.41. The number of aromatic amines is 1. The first-order valence-corrected chi connectivity index (χ1v) is 5.93. The molecule has 0 radical (unpaired) electrons. The molecule has 17 heavy (non-hydrogen) atoms. The molecular formula is C12H19N5. The number of imidazole rings is 1. The molecule has 0 unspecified atom stereocenters. The number of hydrogen-bond donors (Lipinski definition) is 2. The summed E-state index contributed by atoms with van der Waals surface area (Å²) >= 11 is 0. The standard InChI is InChI=1S/C12H19N5/c1-9(13)12-7-14-8-17(12)5-3-4-11-6-15-16-10(11)2/h6-9H,3-5,13H2,1-2H3,(H,15,16)/t9-/m0/s1. The summed E-state index contributed by atoms with van der Waals surface area (Å²) in [5.74, 6) is 0. The summed E-state index contributed by atoms with van der Waals surface area (Å²) in [5, 5.41) is 6.97. The normalized spacial score (nSPS) is 12.9. The Morgan fingerprint density at radius 2 is 2.29 bits per heavy atom. The van der Waals surface area contributed by atoms with Gasteiger partial charge in [-0.15, -0.1) is 0 Å². The van der Waals surface area contributed by atoms with E-state index in [1.807, 2.05) is 32.6 Å². The zero-order chi connectivity index (χ0) is 12.3. The van der Waals surface area contributed by atoms with Crippen molar-refractivity contribution in [2.45, 2.75) is 39.3 Å². The van der Waals surface area contributed by atoms with Gasteiger partial charge >= 0.3 is 0 Å². The SMILES string of the molecule is Cc1[nH]ncc1CCCn1cncc1[C@H](C)N. The van der Waals surface area contributed by atoms with E-state index in [2.05, 4.69) is 19.7 Å². The highest BCUT2D eigenvalue weighted by Crippen LogP contribution is 2.11. The lowest BCUT2D eigenvalue weighted by Crippen LogP contribution is -2.12. The minimum Gasteiger partial charge on any atom is -0.333 e. The average Bonchev–Trinajstić information content (AvgIpc) is 2.88. The van der Waals surface area contributed by atoms with Gasteiger partial charge in [0.25, 0.3) is 0 Å². The van der Waals surface area contributed by atoms with Crippen LogP contribution in [0.1, 0.15) is 36.3 Å². The van der Waals surface area contributed by atoms with Gasteiger partial charge in [-0.3, -0.25) is 5.10 Å². The van der Waals surface area contributed by atoms with Gasteiger partial charge in [-0.05, 0) is 32.3 Å². The fourth-order valence-corrected chi connectivity index (χ4v) is 1.96. The summed E-state index contributed by atoms with van der Waals surface area (Å²) in [6.07, 6.45) is 7.68. The van der Waals surface area contributed by atoms with Gasteiger partial charge in [0.1, 0.15) is 0 Å². The minimum absolute atomic E-state index is 0.0353. The molecule has 0 aliphatic carbocycles. The zero-order valence-corrected chi connectivity index (χ0v) is 10.3. The van der Waals surface area contributed by atoms with Crippen LogP contribution in [0.25, 0.3) is 0 Å². The van der Waals surface area contributed by atoms with E-state index in [1.54, 1.807) is 0 Å². The number of H-pyrrole nitrogens is 1. The number of nitrogens with zero attached hydrogens (tertiary/aromatic N) is 3. The molecule has 2 heterocycles. The number of aromatic nitrogens is 4. The number of nitrogens with two attached hydrogens (primary N) is 1. The van der Waals surface area contributed by atoms with Crippen molar-refractivity contribution in [1.29, 1.82) is 0 Å². The number of aryl methyl sites for hydroxylation is 3. The summed E-state index contributed by atoms with van der Waals surface area (Å²) in [6, 6.07) is 0.0353. The Bertz CT molecular complexity index is 469. The van der Waals surface area contributed by atoms with Crippen molar-refractivity contribution in [1.82, 2.24) is 19.7 Å². The van der Waals surface area contributed by atoms with Gasteiger partial charge in [-0.1, -0.05) is 0 Å². The van der Waals surface area contributed by atoms with Crippen molar-refractivity contribution in [3.05, 3.63) is 35.7 Å². The maximum absolute atomic E-state index is 5.87. The van der Waals surface area contributed by atoms with E-state index < -0.39 is 0 Å². The Hall–Kier alpha value is -1.62. The second kappa shape index (κ2) is 5.14. The van der Waals surface area contributed by atoms with E-state index in [0.29, 0.717) is 0 Å². The molecule has 0 amide bonds. The topological polar surface area (TPSA) is 72.5 Å². The number of hydrogen-bond acceptors (Lipinski definition) is 3. The monoisotopic (exact) mass is 233 g/mol. The number of rotatable bonds is 5. The van der Waals surface area contributed by atoms with Gasteiger partial charge < -0.3 is 10.3 Å². The molecule has 0 bridgehead atoms. The smallest absolute Gasteiger partial charge is 0.0948 e. The first kappa shape index (κ1) is 11.9. The highest BCUT2D eigenvalue weighted by Gasteiger charge is 2.06. The number of nitrogens with one attached hydrogen (secondary N) is 1. The molecule has 0 aromatic carbocycles. The van der Waals surface area contributed by atoms with Crippen LogP contribution < -0.4 is 5.73 Å². The largest absolute Gasteiger partial charge is 0.333 e. The van der Waals surface area contributed by atoms with Crippen molar-refractivity contribution in [2.24, 2.45) is 5.73 Å². The van der Waals surface area contributed by atoms with E-state index in [9.17, 15) is 0 Å². The summed E-state index contributed by atoms with van der Waals surface area (Å²) in [4.78, 5) is 4.14. The zero-order valence-electron chi connectivity index (χ0n) is 10.3. The van der Waals surface area contributed by atoms with Crippen LogP contribution in [0.3, 0.4) is 0 Å². The van der Waals surface area contributed by atoms with Crippen LogP contribution in [0.15, 0.2) is 18.7 Å². The molecular weight excluding hydrogens is 214 g/mol. The molecule has 1 atom stereocenters. The lowest BCUT2D eigenvalue weighted by molar-refractivity contribution is 0.592. The molecule has 2 aromatic heterocycles. The van der Waals surface area contributed by atoms with E-state index in [0.717, 1.165) is 30.8 Å². The Kier molecular flexibility index (Phi) is 3.58. The highest BCUT2D eigenvalue weighted by atomic mass is 15.1. The van der Waals surface area contributed by atoms with Gasteiger partial charge in [0.05, 0.1) is 18.2 Å². The van der Waals surface area contributed by atoms with E-state index in [1.165, 1.54) is 5.56 Å². The lowest BCUT2D eigenvalue weighted by atomic mass is 10.1. The van der Waals surface area contributed by atoms with Crippen LogP contribution in [0.5, 0.6) is 0 Å². The Morgan fingerprint density at radius 3 is 2.94 bits per heavy atom. The van der Waals surface area contributed by atoms with Gasteiger partial charge in [-0.2, -0.15) is 5.10 Å². The second-order valence-electron chi connectivity index (χ2n) is 4.42. The predicted octanol–water partition coefficient (Wildman–Crippen LogP) is 1.57. The van der Waals surface area contributed by atoms with Crippen LogP contribution >= 0.6 is 0 Å². The lowest BCUT2D eigenvalue weighted by Gasteiger charge is -2.10. The molecule has 3 N–H and O–H groups in total. The Morgan fingerprint density at radius 1 is 1.47 bits per heavy atom. The third kappa shape index (κ3) is 2.74. The molecule has 0 aliphatic rings. The fourth-order valence-electron chi connectivity index (χ4n) is 1.96. The average molecular weight is 233 g/mol. The molecule has 2 aromatic rings. The van der Waals surface area contributed by atoms with Gasteiger partial charge in [-0.25, -0.2) is 4.98 Å². The third-order valence-corrected chi connectivity index (χ3v) is 2.99.